The molecule has 0 amide bonds. The minimum Gasteiger partial charge on any atom is -0.344 e. The van der Waals surface area contributed by atoms with E-state index in [9.17, 15) is 0 Å². The van der Waals surface area contributed by atoms with Crippen LogP contribution in [0, 0.1) is 0 Å². The fourth-order valence-corrected chi connectivity index (χ4v) is 10.3. The highest BCUT2D eigenvalue weighted by Gasteiger charge is 2.26. The third-order valence-electron chi connectivity index (χ3n) is 13.4. The van der Waals surface area contributed by atoms with Crippen molar-refractivity contribution in [3.8, 4) is 44.8 Å². The number of hydrogen-bond donors (Lipinski definition) is 1. The number of benzene rings is 10. The number of hydrogen-bond acceptors (Lipinski definition) is 3. The molecule has 1 N–H and O–H groups in total. The van der Waals surface area contributed by atoms with Gasteiger partial charge in [0.2, 0.25) is 0 Å². The van der Waals surface area contributed by atoms with Crippen LogP contribution in [0.4, 0.5) is 0 Å². The molecule has 13 rings (SSSR count). The van der Waals surface area contributed by atoms with Crippen molar-refractivity contribution in [2.45, 2.75) is 6.17 Å². The van der Waals surface area contributed by atoms with E-state index in [0.717, 1.165) is 61.6 Å². The Balaban J connectivity index is 1.00. The third kappa shape index (κ3) is 6.63. The maximum atomic E-state index is 5.49. The van der Waals surface area contributed by atoms with Crippen molar-refractivity contribution in [2.75, 3.05) is 0 Å². The monoisotopic (exact) mass is 869 g/mol. The molecule has 3 heterocycles. The number of aliphatic imine (C=N–C) groups is 2. The van der Waals surface area contributed by atoms with Gasteiger partial charge in [-0.15, -0.1) is 0 Å². The predicted molar refractivity (Wildman–Crippen MR) is 283 cm³/mol. The summed E-state index contributed by atoms with van der Waals surface area (Å²) in [6, 6.07) is 88.7. The number of fused-ring (bicyclic) bond motifs is 6. The lowest BCUT2D eigenvalue weighted by molar-refractivity contribution is 0.674. The topological polar surface area (TPSA) is 46.6 Å². The van der Waals surface area contributed by atoms with Crippen LogP contribution < -0.4 is 5.32 Å². The van der Waals surface area contributed by atoms with Gasteiger partial charge < -0.3 is 14.5 Å². The normalized spacial score (nSPS) is 13.7. The Bertz CT molecular complexity index is 3920. The van der Waals surface area contributed by atoms with Gasteiger partial charge in [0.05, 0.1) is 27.8 Å². The van der Waals surface area contributed by atoms with Crippen LogP contribution in [0.1, 0.15) is 22.9 Å². The number of nitrogens with one attached hydrogen (secondary N) is 1. The van der Waals surface area contributed by atoms with E-state index in [2.05, 4.69) is 263 Å². The van der Waals surface area contributed by atoms with Gasteiger partial charge in [0, 0.05) is 38.4 Å². The molecule has 0 aliphatic carbocycles. The Kier molecular flexibility index (Phi) is 9.50. The molecule has 68 heavy (non-hydrogen) atoms. The van der Waals surface area contributed by atoms with Crippen LogP contribution in [0.25, 0.3) is 88.4 Å². The molecule has 0 bridgehead atoms. The minimum atomic E-state index is -0.397. The lowest BCUT2D eigenvalue weighted by Crippen LogP contribution is -2.33. The van der Waals surface area contributed by atoms with Gasteiger partial charge in [-0.3, -0.25) is 0 Å². The third-order valence-corrected chi connectivity index (χ3v) is 13.4. The smallest absolute Gasteiger partial charge is 0.161 e. The summed E-state index contributed by atoms with van der Waals surface area (Å²) in [5, 5.41) is 8.60. The molecule has 0 fully saturated rings. The number of para-hydroxylation sites is 4. The van der Waals surface area contributed by atoms with Gasteiger partial charge >= 0.3 is 0 Å². The van der Waals surface area contributed by atoms with Crippen LogP contribution in [0.3, 0.4) is 0 Å². The first kappa shape index (κ1) is 39.3. The SMILES string of the molecule is c1ccc(-c2ccc(C3=NC(c4ccccc4-n4c5ccccc5c5c(-c6cccc7c6c6ccccc6n7-c6ccccc6)cccc54)=NC(c4cccc(-c5ccccc5)c4)N3)cc2)cc1. The molecule has 2 aromatic heterocycles. The average Bonchev–Trinajstić information content (AvgIpc) is 3.95. The Morgan fingerprint density at radius 3 is 1.50 bits per heavy atom. The summed E-state index contributed by atoms with van der Waals surface area (Å²) < 4.78 is 4.81. The quantitative estimate of drug-likeness (QED) is 0.162. The second kappa shape index (κ2) is 16.4. The molecule has 1 aliphatic rings. The summed E-state index contributed by atoms with van der Waals surface area (Å²) in [4.78, 5) is 10.9. The van der Waals surface area contributed by atoms with E-state index in [4.69, 9.17) is 9.98 Å². The zero-order chi connectivity index (χ0) is 45.0. The molecular weight excluding hydrogens is 827 g/mol. The second-order valence-corrected chi connectivity index (χ2v) is 17.4. The van der Waals surface area contributed by atoms with Gasteiger partial charge in [-0.25, -0.2) is 9.98 Å². The molecule has 5 heteroatoms. The van der Waals surface area contributed by atoms with Gasteiger partial charge in [-0.05, 0) is 93.5 Å². The molecule has 1 aliphatic heterocycles. The highest BCUT2D eigenvalue weighted by Crippen LogP contribution is 2.44. The molecule has 1 unspecified atom stereocenters. The lowest BCUT2D eigenvalue weighted by atomic mass is 9.95. The van der Waals surface area contributed by atoms with E-state index in [0.29, 0.717) is 5.84 Å². The summed E-state index contributed by atoms with van der Waals surface area (Å²) in [7, 11) is 0. The maximum absolute atomic E-state index is 5.49. The van der Waals surface area contributed by atoms with E-state index < -0.39 is 6.17 Å². The van der Waals surface area contributed by atoms with Crippen molar-refractivity contribution in [1.29, 1.82) is 0 Å². The van der Waals surface area contributed by atoms with Crippen molar-refractivity contribution < 1.29 is 0 Å². The van der Waals surface area contributed by atoms with Crippen molar-refractivity contribution in [1.82, 2.24) is 14.5 Å². The molecule has 0 spiro atoms. The lowest BCUT2D eigenvalue weighted by Gasteiger charge is -2.25. The van der Waals surface area contributed by atoms with Gasteiger partial charge in [-0.1, -0.05) is 194 Å². The molecule has 12 aromatic rings. The molecule has 0 saturated heterocycles. The van der Waals surface area contributed by atoms with Gasteiger partial charge in [-0.2, -0.15) is 0 Å². The Labute approximate surface area is 394 Å². The highest BCUT2D eigenvalue weighted by atomic mass is 15.2. The van der Waals surface area contributed by atoms with Crippen LogP contribution in [0.15, 0.2) is 259 Å². The Morgan fingerprint density at radius 1 is 0.353 bits per heavy atom. The summed E-state index contributed by atoms with van der Waals surface area (Å²) in [5.41, 5.74) is 16.7. The van der Waals surface area contributed by atoms with Gasteiger partial charge in [0.15, 0.2) is 5.84 Å². The number of nitrogens with zero attached hydrogens (tertiary/aromatic N) is 4. The predicted octanol–water partition coefficient (Wildman–Crippen LogP) is 15.4. The van der Waals surface area contributed by atoms with E-state index >= 15 is 0 Å². The maximum Gasteiger partial charge on any atom is 0.161 e. The average molecular weight is 870 g/mol. The minimum absolute atomic E-state index is 0.397. The van der Waals surface area contributed by atoms with Crippen molar-refractivity contribution in [3.05, 3.63) is 265 Å². The number of rotatable bonds is 8. The molecular formula is C63H43N5. The van der Waals surface area contributed by atoms with E-state index in [1.165, 1.54) is 49.3 Å². The first-order valence-corrected chi connectivity index (χ1v) is 23.2. The second-order valence-electron chi connectivity index (χ2n) is 17.4. The number of aromatic nitrogens is 2. The molecule has 1 atom stereocenters. The van der Waals surface area contributed by atoms with E-state index in [-0.39, 0.29) is 0 Å². The Hall–Kier alpha value is -9.06. The van der Waals surface area contributed by atoms with Gasteiger partial charge in [0.1, 0.15) is 12.0 Å². The summed E-state index contributed by atoms with van der Waals surface area (Å²) in [6.45, 7) is 0. The van der Waals surface area contributed by atoms with E-state index in [1.54, 1.807) is 0 Å². The van der Waals surface area contributed by atoms with Gasteiger partial charge in [0.25, 0.3) is 0 Å². The zero-order valence-corrected chi connectivity index (χ0v) is 37.0. The van der Waals surface area contributed by atoms with Crippen LogP contribution in [0.5, 0.6) is 0 Å². The Morgan fingerprint density at radius 2 is 0.824 bits per heavy atom. The van der Waals surface area contributed by atoms with E-state index in [1.807, 2.05) is 0 Å². The van der Waals surface area contributed by atoms with Crippen molar-refractivity contribution in [2.24, 2.45) is 9.98 Å². The summed E-state index contributed by atoms with van der Waals surface area (Å²) in [6.07, 6.45) is -0.397. The van der Waals surface area contributed by atoms with Crippen LogP contribution >= 0.6 is 0 Å². The van der Waals surface area contributed by atoms with Crippen molar-refractivity contribution in [3.63, 3.8) is 0 Å². The molecule has 5 nitrogen and oxygen atoms in total. The van der Waals surface area contributed by atoms with Crippen LogP contribution in [0.2, 0.25) is 0 Å². The standard InChI is InChI=1S/C63H43N5/c1-4-19-42(20-5-1)44-37-39-45(40-38-44)61-64-62(47-24-16-23-46(41-47)43-21-6-2-7-22-43)66-63(65-61)53-29-12-15-34-56(53)68-55-33-14-11-28-52(55)60-50(31-18-36-58(60)68)49-30-17-35-57-59(49)51-27-10-13-32-54(51)67(57)48-25-8-3-9-26-48/h1-41,62H,(H,64,65,66). The first-order valence-electron chi connectivity index (χ1n) is 23.2. The highest BCUT2D eigenvalue weighted by molar-refractivity contribution is 6.23. The fraction of sp³-hybridized carbons (Fsp3) is 0.0159. The molecule has 0 saturated carbocycles. The molecule has 320 valence electrons. The zero-order valence-electron chi connectivity index (χ0n) is 37.0. The fourth-order valence-electron chi connectivity index (χ4n) is 10.3. The molecule has 0 radical (unpaired) electrons. The van der Waals surface area contributed by atoms with Crippen molar-refractivity contribution >= 4 is 55.3 Å². The summed E-state index contributed by atoms with van der Waals surface area (Å²) in [5.74, 6) is 1.43. The van der Waals surface area contributed by atoms with Crippen LogP contribution in [-0.2, 0) is 0 Å². The number of amidine groups is 2. The summed E-state index contributed by atoms with van der Waals surface area (Å²) >= 11 is 0. The largest absolute Gasteiger partial charge is 0.344 e. The van der Waals surface area contributed by atoms with Crippen LogP contribution in [-0.4, -0.2) is 20.8 Å². The first-order chi connectivity index (χ1) is 33.7. The molecule has 10 aromatic carbocycles.